The summed E-state index contributed by atoms with van der Waals surface area (Å²) in [5.41, 5.74) is 0.429. The van der Waals surface area contributed by atoms with Crippen molar-refractivity contribution in [3.8, 4) is 11.3 Å². The van der Waals surface area contributed by atoms with E-state index in [1.807, 2.05) is 13.8 Å². The van der Waals surface area contributed by atoms with Gasteiger partial charge in [-0.2, -0.15) is 13.2 Å². The first-order valence-corrected chi connectivity index (χ1v) is 7.09. The maximum atomic E-state index is 12.7. The van der Waals surface area contributed by atoms with Gasteiger partial charge in [0.2, 0.25) is 0 Å². The summed E-state index contributed by atoms with van der Waals surface area (Å²) in [5.74, 6) is 0. The molecule has 0 bridgehead atoms. The predicted octanol–water partition coefficient (Wildman–Crippen LogP) is 4.33. The minimum atomic E-state index is -4.33. The molecule has 0 radical (unpaired) electrons. The van der Waals surface area contributed by atoms with Gasteiger partial charge in [0.15, 0.2) is 0 Å². The van der Waals surface area contributed by atoms with E-state index in [9.17, 15) is 13.2 Å². The number of hydrogen-bond donors (Lipinski definition) is 1. The van der Waals surface area contributed by atoms with Gasteiger partial charge >= 0.3 is 6.18 Å². The number of benzene rings is 1. The fourth-order valence-corrected chi connectivity index (χ4v) is 2.43. The van der Waals surface area contributed by atoms with Gasteiger partial charge in [0, 0.05) is 23.5 Å². The van der Waals surface area contributed by atoms with Crippen LogP contribution in [0.5, 0.6) is 0 Å². The van der Waals surface area contributed by atoms with E-state index < -0.39 is 11.7 Å². The van der Waals surface area contributed by atoms with Crippen LogP contribution in [0, 0.1) is 0 Å². The van der Waals surface area contributed by atoms with Crippen LogP contribution in [-0.4, -0.2) is 11.0 Å². The van der Waals surface area contributed by atoms with Crippen molar-refractivity contribution < 1.29 is 13.2 Å². The van der Waals surface area contributed by atoms with Crippen molar-refractivity contribution >= 4 is 11.3 Å². The van der Waals surface area contributed by atoms with Gasteiger partial charge in [0.05, 0.1) is 11.3 Å². The maximum Gasteiger partial charge on any atom is 0.416 e. The number of hydrogen-bond acceptors (Lipinski definition) is 3. The smallest absolute Gasteiger partial charge is 0.308 e. The van der Waals surface area contributed by atoms with Crippen LogP contribution in [0.4, 0.5) is 13.2 Å². The molecule has 2 nitrogen and oxygen atoms in total. The summed E-state index contributed by atoms with van der Waals surface area (Å²) >= 11 is 1.44. The third-order valence-electron chi connectivity index (χ3n) is 2.70. The Morgan fingerprint density at radius 1 is 1.30 bits per heavy atom. The lowest BCUT2D eigenvalue weighted by Gasteiger charge is -2.07. The Balaban J connectivity index is 2.20. The fourth-order valence-electron chi connectivity index (χ4n) is 1.67. The van der Waals surface area contributed by atoms with Crippen molar-refractivity contribution in [3.63, 3.8) is 0 Å². The largest absolute Gasteiger partial charge is 0.416 e. The number of alkyl halides is 3. The molecule has 0 fully saturated rings. The van der Waals surface area contributed by atoms with Gasteiger partial charge in [-0.25, -0.2) is 4.98 Å². The minimum Gasteiger partial charge on any atom is -0.308 e. The molecular formula is C14H15F3N2S. The number of nitrogens with one attached hydrogen (secondary N) is 1. The molecule has 0 saturated heterocycles. The molecule has 108 valence electrons. The minimum absolute atomic E-state index is 0.343. The summed E-state index contributed by atoms with van der Waals surface area (Å²) in [6, 6.07) is 5.59. The molecule has 1 aromatic carbocycles. The molecule has 0 atom stereocenters. The van der Waals surface area contributed by atoms with Crippen molar-refractivity contribution in [2.24, 2.45) is 0 Å². The molecule has 1 aromatic heterocycles. The second kappa shape index (κ2) is 5.93. The summed E-state index contributed by atoms with van der Waals surface area (Å²) in [4.78, 5) is 4.36. The summed E-state index contributed by atoms with van der Waals surface area (Å²) in [7, 11) is 0. The van der Waals surface area contributed by atoms with Gasteiger partial charge in [-0.05, 0) is 12.1 Å². The van der Waals surface area contributed by atoms with Crippen LogP contribution < -0.4 is 5.32 Å². The van der Waals surface area contributed by atoms with Gasteiger partial charge in [0.1, 0.15) is 5.01 Å². The topological polar surface area (TPSA) is 24.9 Å². The lowest BCUT2D eigenvalue weighted by molar-refractivity contribution is -0.137. The first-order valence-electron chi connectivity index (χ1n) is 6.21. The van der Waals surface area contributed by atoms with Crippen LogP contribution in [0.15, 0.2) is 29.6 Å². The van der Waals surface area contributed by atoms with Gasteiger partial charge < -0.3 is 5.32 Å². The third kappa shape index (κ3) is 3.80. The van der Waals surface area contributed by atoms with Crippen molar-refractivity contribution in [2.45, 2.75) is 32.6 Å². The second-order valence-electron chi connectivity index (χ2n) is 4.74. The summed E-state index contributed by atoms with van der Waals surface area (Å²) in [6.45, 7) is 4.68. The Labute approximate surface area is 119 Å². The van der Waals surface area contributed by atoms with Crippen LogP contribution in [0.25, 0.3) is 11.3 Å². The molecule has 2 rings (SSSR count). The summed E-state index contributed by atoms with van der Waals surface area (Å²) in [5, 5.41) is 5.88. The average Bonchev–Trinajstić information content (AvgIpc) is 2.84. The molecule has 0 amide bonds. The highest BCUT2D eigenvalue weighted by Gasteiger charge is 2.30. The van der Waals surface area contributed by atoms with E-state index in [-0.39, 0.29) is 0 Å². The van der Waals surface area contributed by atoms with Crippen molar-refractivity contribution in [3.05, 3.63) is 40.2 Å². The van der Waals surface area contributed by atoms with Gasteiger partial charge in [0.25, 0.3) is 0 Å². The molecule has 0 aliphatic carbocycles. The van der Waals surface area contributed by atoms with E-state index in [0.29, 0.717) is 23.8 Å². The number of rotatable bonds is 4. The Hall–Kier alpha value is -1.40. The van der Waals surface area contributed by atoms with E-state index in [2.05, 4.69) is 10.3 Å². The van der Waals surface area contributed by atoms with E-state index in [1.54, 1.807) is 11.4 Å². The van der Waals surface area contributed by atoms with Gasteiger partial charge in [-0.1, -0.05) is 26.0 Å². The van der Waals surface area contributed by atoms with E-state index in [1.165, 1.54) is 17.4 Å². The Kier molecular flexibility index (Phi) is 4.45. The van der Waals surface area contributed by atoms with Crippen LogP contribution in [0.3, 0.4) is 0 Å². The Bertz CT molecular complexity index is 576. The zero-order valence-electron chi connectivity index (χ0n) is 11.2. The second-order valence-corrected chi connectivity index (χ2v) is 5.68. The highest BCUT2D eigenvalue weighted by molar-refractivity contribution is 7.09. The zero-order chi connectivity index (χ0) is 14.8. The third-order valence-corrected chi connectivity index (χ3v) is 3.55. The Morgan fingerprint density at radius 3 is 2.70 bits per heavy atom. The molecule has 20 heavy (non-hydrogen) atoms. The lowest BCUT2D eigenvalue weighted by atomic mass is 10.1. The standard InChI is InChI=1S/C14H15F3N2S/c1-9(2)18-7-13-19-12(8-20-13)10-4-3-5-11(6-10)14(15,16)17/h3-6,8-9,18H,7H2,1-2H3. The van der Waals surface area contributed by atoms with Crippen LogP contribution in [-0.2, 0) is 12.7 Å². The highest BCUT2D eigenvalue weighted by Crippen LogP contribution is 2.32. The van der Waals surface area contributed by atoms with E-state index in [4.69, 9.17) is 0 Å². The van der Waals surface area contributed by atoms with E-state index in [0.717, 1.165) is 17.1 Å². The van der Waals surface area contributed by atoms with Crippen LogP contribution in [0.2, 0.25) is 0 Å². The van der Waals surface area contributed by atoms with Crippen LogP contribution in [0.1, 0.15) is 24.4 Å². The Morgan fingerprint density at radius 2 is 2.05 bits per heavy atom. The van der Waals surface area contributed by atoms with Gasteiger partial charge in [-0.15, -0.1) is 11.3 Å². The summed E-state index contributed by atoms with van der Waals surface area (Å²) in [6.07, 6.45) is -4.33. The molecule has 0 aliphatic rings. The normalized spacial score (nSPS) is 12.1. The average molecular weight is 300 g/mol. The molecule has 0 saturated carbocycles. The number of halogens is 3. The molecule has 0 aliphatic heterocycles. The maximum absolute atomic E-state index is 12.7. The van der Waals surface area contributed by atoms with E-state index >= 15 is 0 Å². The molecule has 2 aromatic rings. The van der Waals surface area contributed by atoms with Crippen molar-refractivity contribution in [1.82, 2.24) is 10.3 Å². The van der Waals surface area contributed by atoms with Crippen molar-refractivity contribution in [2.75, 3.05) is 0 Å². The molecule has 6 heteroatoms. The number of aromatic nitrogens is 1. The number of thiazole rings is 1. The SMILES string of the molecule is CC(C)NCc1nc(-c2cccc(C(F)(F)F)c2)cs1. The molecular weight excluding hydrogens is 285 g/mol. The van der Waals surface area contributed by atoms with Gasteiger partial charge in [-0.3, -0.25) is 0 Å². The molecule has 1 N–H and O–H groups in total. The molecule has 1 heterocycles. The highest BCUT2D eigenvalue weighted by atomic mass is 32.1. The van der Waals surface area contributed by atoms with Crippen LogP contribution >= 0.6 is 11.3 Å². The zero-order valence-corrected chi connectivity index (χ0v) is 12.0. The quantitative estimate of drug-likeness (QED) is 0.909. The molecule has 0 unspecified atom stereocenters. The molecule has 0 spiro atoms. The van der Waals surface area contributed by atoms with Crippen molar-refractivity contribution in [1.29, 1.82) is 0 Å². The number of nitrogens with zero attached hydrogens (tertiary/aromatic N) is 1. The summed E-state index contributed by atoms with van der Waals surface area (Å²) < 4.78 is 38.0. The monoisotopic (exact) mass is 300 g/mol. The first-order chi connectivity index (χ1) is 9.36. The fraction of sp³-hybridized carbons (Fsp3) is 0.357. The lowest BCUT2D eigenvalue weighted by Crippen LogP contribution is -2.21. The predicted molar refractivity (Wildman–Crippen MR) is 74.5 cm³/mol. The first kappa shape index (κ1) is 15.0.